The van der Waals surface area contributed by atoms with Crippen LogP contribution >= 0.6 is 0 Å². The summed E-state index contributed by atoms with van der Waals surface area (Å²) in [5.41, 5.74) is 1.92. The zero-order valence-electron chi connectivity index (χ0n) is 11.9. The average molecular weight is 281 g/mol. The van der Waals surface area contributed by atoms with Crippen molar-refractivity contribution in [3.8, 4) is 11.3 Å². The second-order valence-electron chi connectivity index (χ2n) is 4.90. The Balaban J connectivity index is 2.42. The maximum absolute atomic E-state index is 11.7. The van der Waals surface area contributed by atoms with Crippen molar-refractivity contribution in [2.24, 2.45) is 0 Å². The van der Waals surface area contributed by atoms with Gasteiger partial charge in [0.2, 0.25) is 0 Å². The van der Waals surface area contributed by atoms with E-state index in [1.807, 2.05) is 37.3 Å². The van der Waals surface area contributed by atoms with Crippen molar-refractivity contribution in [2.45, 2.75) is 20.3 Å². The molecule has 1 N–H and O–H groups in total. The van der Waals surface area contributed by atoms with E-state index >= 15 is 0 Å². The van der Waals surface area contributed by atoms with Crippen LogP contribution in [0.25, 0.3) is 22.1 Å². The molecule has 0 fully saturated rings. The standard InChI is InChI=1S/C17H15NO3/c1-3-12-14(15-9-18-10(2)21-15)8-11-6-4-5-7-13(11)16(12)17(19)20/h4-9H,3H2,1-2H3,(H,19,20). The Morgan fingerprint density at radius 2 is 2.10 bits per heavy atom. The van der Waals surface area contributed by atoms with Crippen LogP contribution in [0.4, 0.5) is 0 Å². The summed E-state index contributed by atoms with van der Waals surface area (Å²) in [5, 5.41) is 11.3. The van der Waals surface area contributed by atoms with Gasteiger partial charge < -0.3 is 9.52 Å². The smallest absolute Gasteiger partial charge is 0.336 e. The molecule has 0 saturated carbocycles. The third kappa shape index (κ3) is 2.18. The first-order valence-corrected chi connectivity index (χ1v) is 6.82. The molecule has 0 aliphatic rings. The summed E-state index contributed by atoms with van der Waals surface area (Å²) in [6.45, 7) is 3.72. The largest absolute Gasteiger partial charge is 0.478 e. The molecular formula is C17H15NO3. The number of carboxylic acids is 1. The minimum absolute atomic E-state index is 0.347. The molecule has 1 aromatic heterocycles. The number of rotatable bonds is 3. The predicted octanol–water partition coefficient (Wildman–Crippen LogP) is 4.06. The van der Waals surface area contributed by atoms with Crippen molar-refractivity contribution >= 4 is 16.7 Å². The number of carbonyl (C=O) groups is 1. The average Bonchev–Trinajstić information content (AvgIpc) is 2.91. The van der Waals surface area contributed by atoms with Crippen LogP contribution in [-0.2, 0) is 6.42 Å². The molecular weight excluding hydrogens is 266 g/mol. The van der Waals surface area contributed by atoms with Gasteiger partial charge in [0, 0.05) is 12.5 Å². The van der Waals surface area contributed by atoms with E-state index in [2.05, 4.69) is 4.98 Å². The van der Waals surface area contributed by atoms with Gasteiger partial charge in [0.05, 0.1) is 11.8 Å². The first kappa shape index (κ1) is 13.4. The molecule has 0 aliphatic carbocycles. The summed E-state index contributed by atoms with van der Waals surface area (Å²) in [6, 6.07) is 9.48. The van der Waals surface area contributed by atoms with Crippen LogP contribution in [0.15, 0.2) is 40.9 Å². The Labute approximate surface area is 122 Å². The summed E-state index contributed by atoms with van der Waals surface area (Å²) in [4.78, 5) is 15.8. The van der Waals surface area contributed by atoms with Gasteiger partial charge >= 0.3 is 5.97 Å². The van der Waals surface area contributed by atoms with E-state index in [4.69, 9.17) is 4.42 Å². The second-order valence-corrected chi connectivity index (χ2v) is 4.90. The molecule has 1 heterocycles. The highest BCUT2D eigenvalue weighted by molar-refractivity contribution is 6.07. The van der Waals surface area contributed by atoms with Gasteiger partial charge in [-0.15, -0.1) is 0 Å². The lowest BCUT2D eigenvalue weighted by atomic mass is 9.91. The summed E-state index contributed by atoms with van der Waals surface area (Å²) in [7, 11) is 0. The molecule has 0 spiro atoms. The van der Waals surface area contributed by atoms with Gasteiger partial charge in [-0.25, -0.2) is 9.78 Å². The highest BCUT2D eigenvalue weighted by Gasteiger charge is 2.20. The van der Waals surface area contributed by atoms with Crippen LogP contribution in [0.2, 0.25) is 0 Å². The lowest BCUT2D eigenvalue weighted by Crippen LogP contribution is -2.05. The van der Waals surface area contributed by atoms with Crippen LogP contribution in [0.1, 0.15) is 28.7 Å². The van der Waals surface area contributed by atoms with Gasteiger partial charge in [-0.1, -0.05) is 31.2 Å². The number of hydrogen-bond donors (Lipinski definition) is 1. The van der Waals surface area contributed by atoms with Gasteiger partial charge in [0.1, 0.15) is 0 Å². The van der Waals surface area contributed by atoms with Gasteiger partial charge in [-0.05, 0) is 28.8 Å². The number of fused-ring (bicyclic) bond motifs is 1. The second kappa shape index (κ2) is 5.05. The molecule has 0 radical (unpaired) electrons. The third-order valence-electron chi connectivity index (χ3n) is 3.61. The topological polar surface area (TPSA) is 63.3 Å². The fourth-order valence-corrected chi connectivity index (χ4v) is 2.71. The van der Waals surface area contributed by atoms with Crippen molar-refractivity contribution in [2.75, 3.05) is 0 Å². The SMILES string of the molecule is CCc1c(-c2cnc(C)o2)cc2ccccc2c1C(=O)O. The fourth-order valence-electron chi connectivity index (χ4n) is 2.71. The number of hydrogen-bond acceptors (Lipinski definition) is 3. The van der Waals surface area contributed by atoms with E-state index in [1.165, 1.54) is 0 Å². The molecule has 3 rings (SSSR count). The lowest BCUT2D eigenvalue weighted by molar-refractivity contribution is 0.0698. The molecule has 106 valence electrons. The Morgan fingerprint density at radius 3 is 2.71 bits per heavy atom. The van der Waals surface area contributed by atoms with Gasteiger partial charge in [0.15, 0.2) is 11.7 Å². The molecule has 4 nitrogen and oxygen atoms in total. The Morgan fingerprint density at radius 1 is 1.33 bits per heavy atom. The molecule has 0 aliphatic heterocycles. The minimum Gasteiger partial charge on any atom is -0.478 e. The molecule has 0 atom stereocenters. The van der Waals surface area contributed by atoms with E-state index in [0.29, 0.717) is 23.6 Å². The normalized spacial score (nSPS) is 11.0. The van der Waals surface area contributed by atoms with E-state index in [1.54, 1.807) is 13.1 Å². The van der Waals surface area contributed by atoms with Crippen molar-refractivity contribution < 1.29 is 14.3 Å². The summed E-state index contributed by atoms with van der Waals surface area (Å²) in [6.07, 6.45) is 2.26. The van der Waals surface area contributed by atoms with Crippen molar-refractivity contribution in [1.29, 1.82) is 0 Å². The number of benzene rings is 2. The number of aromatic nitrogens is 1. The molecule has 0 bridgehead atoms. The zero-order valence-corrected chi connectivity index (χ0v) is 11.9. The molecule has 21 heavy (non-hydrogen) atoms. The van der Waals surface area contributed by atoms with Crippen LogP contribution in [-0.4, -0.2) is 16.1 Å². The van der Waals surface area contributed by atoms with Crippen LogP contribution in [0.5, 0.6) is 0 Å². The number of oxazole rings is 1. The van der Waals surface area contributed by atoms with Crippen LogP contribution in [0.3, 0.4) is 0 Å². The number of carboxylic acid groups (broad SMARTS) is 1. The highest BCUT2D eigenvalue weighted by atomic mass is 16.4. The Kier molecular flexibility index (Phi) is 3.22. The third-order valence-corrected chi connectivity index (χ3v) is 3.61. The van der Waals surface area contributed by atoms with E-state index in [-0.39, 0.29) is 0 Å². The van der Waals surface area contributed by atoms with E-state index in [9.17, 15) is 9.90 Å². The molecule has 0 unspecified atom stereocenters. The van der Waals surface area contributed by atoms with Crippen LogP contribution in [0, 0.1) is 6.92 Å². The maximum Gasteiger partial charge on any atom is 0.336 e. The Hall–Kier alpha value is -2.62. The van der Waals surface area contributed by atoms with Gasteiger partial charge in [-0.3, -0.25) is 0 Å². The molecule has 4 heteroatoms. The lowest BCUT2D eigenvalue weighted by Gasteiger charge is -2.13. The first-order valence-electron chi connectivity index (χ1n) is 6.82. The number of aryl methyl sites for hydroxylation is 1. The zero-order chi connectivity index (χ0) is 15.0. The van der Waals surface area contributed by atoms with Crippen LogP contribution < -0.4 is 0 Å². The minimum atomic E-state index is -0.916. The van der Waals surface area contributed by atoms with Crippen molar-refractivity contribution in [3.05, 3.63) is 53.5 Å². The van der Waals surface area contributed by atoms with E-state index in [0.717, 1.165) is 21.9 Å². The number of nitrogens with zero attached hydrogens (tertiary/aromatic N) is 1. The quantitative estimate of drug-likeness (QED) is 0.786. The Bertz CT molecular complexity index is 833. The number of aromatic carboxylic acids is 1. The fraction of sp³-hybridized carbons (Fsp3) is 0.176. The van der Waals surface area contributed by atoms with Gasteiger partial charge in [-0.2, -0.15) is 0 Å². The molecule has 0 saturated heterocycles. The first-order chi connectivity index (χ1) is 10.1. The van der Waals surface area contributed by atoms with Gasteiger partial charge in [0.25, 0.3) is 0 Å². The predicted molar refractivity (Wildman–Crippen MR) is 80.5 cm³/mol. The molecule has 2 aromatic carbocycles. The van der Waals surface area contributed by atoms with Crippen molar-refractivity contribution in [3.63, 3.8) is 0 Å². The maximum atomic E-state index is 11.7. The highest BCUT2D eigenvalue weighted by Crippen LogP contribution is 2.33. The monoisotopic (exact) mass is 281 g/mol. The van der Waals surface area contributed by atoms with Crippen molar-refractivity contribution in [1.82, 2.24) is 4.98 Å². The van der Waals surface area contributed by atoms with E-state index < -0.39 is 5.97 Å². The molecule has 0 amide bonds. The summed E-state index contributed by atoms with van der Waals surface area (Å²) >= 11 is 0. The molecule has 3 aromatic rings. The summed E-state index contributed by atoms with van der Waals surface area (Å²) < 4.78 is 5.59. The summed E-state index contributed by atoms with van der Waals surface area (Å²) in [5.74, 6) is 0.260.